The largest absolute Gasteiger partial charge is 0.389 e. The van der Waals surface area contributed by atoms with Crippen LogP contribution in [0.25, 0.3) is 0 Å². The Morgan fingerprint density at radius 2 is 1.70 bits per heavy atom. The van der Waals surface area contributed by atoms with E-state index in [0.29, 0.717) is 17.9 Å². The summed E-state index contributed by atoms with van der Waals surface area (Å²) >= 11 is 0. The molecule has 0 heterocycles. The van der Waals surface area contributed by atoms with E-state index in [0.717, 1.165) is 31.6 Å². The Balaban J connectivity index is 2.12. The quantitative estimate of drug-likeness (QED) is 0.800. The number of rotatable bonds is 2. The smallest absolute Gasteiger partial charge is 0.0718 e. The summed E-state index contributed by atoms with van der Waals surface area (Å²) in [6.07, 6.45) is 9.08. The maximum Gasteiger partial charge on any atom is 0.0718 e. The van der Waals surface area contributed by atoms with Gasteiger partial charge < -0.3 is 10.8 Å². The monoisotopic (exact) mass is 281 g/mol. The van der Waals surface area contributed by atoms with Crippen molar-refractivity contribution in [3.05, 3.63) is 0 Å². The molecule has 118 valence electrons. The van der Waals surface area contributed by atoms with Gasteiger partial charge in [0.1, 0.15) is 0 Å². The van der Waals surface area contributed by atoms with Gasteiger partial charge in [0.05, 0.1) is 5.60 Å². The number of aliphatic hydroxyl groups is 1. The van der Waals surface area contributed by atoms with Gasteiger partial charge in [-0.1, -0.05) is 40.5 Å². The molecule has 2 saturated carbocycles. The minimum Gasteiger partial charge on any atom is -0.389 e. The van der Waals surface area contributed by atoms with Crippen LogP contribution in [0, 0.1) is 22.7 Å². The van der Waals surface area contributed by atoms with Crippen molar-refractivity contribution >= 4 is 0 Å². The molecule has 0 amide bonds. The average Bonchev–Trinajstić information content (AvgIpc) is 2.37. The van der Waals surface area contributed by atoms with Crippen molar-refractivity contribution in [2.24, 2.45) is 28.4 Å². The summed E-state index contributed by atoms with van der Waals surface area (Å²) in [6.45, 7) is 10.0. The first-order chi connectivity index (χ1) is 9.22. The Morgan fingerprint density at radius 3 is 2.15 bits per heavy atom. The topological polar surface area (TPSA) is 46.2 Å². The van der Waals surface area contributed by atoms with Gasteiger partial charge in [0.15, 0.2) is 0 Å². The zero-order valence-electron chi connectivity index (χ0n) is 14.0. The fourth-order valence-corrected chi connectivity index (χ4v) is 4.90. The van der Waals surface area contributed by atoms with Gasteiger partial charge in [-0.2, -0.15) is 0 Å². The fourth-order valence-electron chi connectivity index (χ4n) is 4.90. The zero-order chi connectivity index (χ0) is 15.0. The van der Waals surface area contributed by atoms with Gasteiger partial charge in [-0.3, -0.25) is 0 Å². The highest BCUT2D eigenvalue weighted by atomic mass is 16.3. The molecule has 2 nitrogen and oxygen atoms in total. The van der Waals surface area contributed by atoms with E-state index >= 15 is 0 Å². The average molecular weight is 281 g/mol. The fraction of sp³-hybridized carbons (Fsp3) is 1.00. The molecular weight excluding hydrogens is 246 g/mol. The minimum atomic E-state index is -0.498. The number of hydrogen-bond donors (Lipinski definition) is 2. The van der Waals surface area contributed by atoms with E-state index in [1.54, 1.807) is 0 Å². The molecule has 20 heavy (non-hydrogen) atoms. The molecule has 3 N–H and O–H groups in total. The van der Waals surface area contributed by atoms with Crippen LogP contribution in [0.2, 0.25) is 0 Å². The van der Waals surface area contributed by atoms with E-state index < -0.39 is 5.60 Å². The van der Waals surface area contributed by atoms with Gasteiger partial charge in [-0.25, -0.2) is 0 Å². The second-order valence-corrected chi connectivity index (χ2v) is 8.86. The van der Waals surface area contributed by atoms with Gasteiger partial charge in [0.25, 0.3) is 0 Å². The van der Waals surface area contributed by atoms with Crippen LogP contribution >= 0.6 is 0 Å². The summed E-state index contributed by atoms with van der Waals surface area (Å²) in [5, 5.41) is 11.3. The summed E-state index contributed by atoms with van der Waals surface area (Å²) in [6, 6.07) is 0. The molecule has 2 atom stereocenters. The first-order valence-corrected chi connectivity index (χ1v) is 8.65. The molecule has 2 aliphatic carbocycles. The second kappa shape index (κ2) is 5.61. The van der Waals surface area contributed by atoms with Crippen molar-refractivity contribution in [3.63, 3.8) is 0 Å². The Hall–Kier alpha value is -0.0800. The van der Waals surface area contributed by atoms with Crippen LogP contribution in [0.3, 0.4) is 0 Å². The summed E-state index contributed by atoms with van der Waals surface area (Å²) in [4.78, 5) is 0. The highest BCUT2D eigenvalue weighted by Crippen LogP contribution is 2.54. The lowest BCUT2D eigenvalue weighted by molar-refractivity contribution is -0.139. The maximum absolute atomic E-state index is 11.3. The molecule has 2 heteroatoms. The van der Waals surface area contributed by atoms with Crippen LogP contribution in [0.15, 0.2) is 0 Å². The van der Waals surface area contributed by atoms with E-state index in [-0.39, 0.29) is 5.41 Å². The summed E-state index contributed by atoms with van der Waals surface area (Å²) in [7, 11) is 0. The predicted molar refractivity (Wildman–Crippen MR) is 85.5 cm³/mol. The Morgan fingerprint density at radius 1 is 1.10 bits per heavy atom. The van der Waals surface area contributed by atoms with Crippen molar-refractivity contribution < 1.29 is 5.11 Å². The molecule has 0 aliphatic heterocycles. The predicted octanol–water partition coefficient (Wildman–Crippen LogP) is 4.11. The Kier molecular flexibility index (Phi) is 4.57. The molecule has 0 spiro atoms. The maximum atomic E-state index is 11.3. The van der Waals surface area contributed by atoms with Crippen LogP contribution < -0.4 is 5.73 Å². The van der Waals surface area contributed by atoms with Gasteiger partial charge in [0, 0.05) is 12.0 Å². The van der Waals surface area contributed by atoms with Crippen molar-refractivity contribution in [1.29, 1.82) is 0 Å². The molecule has 2 rings (SSSR count). The molecular formula is C18H35NO. The molecule has 0 aromatic heterocycles. The lowest BCUT2D eigenvalue weighted by atomic mass is 9.54. The molecule has 2 aliphatic rings. The van der Waals surface area contributed by atoms with Crippen molar-refractivity contribution in [2.75, 3.05) is 6.54 Å². The second-order valence-electron chi connectivity index (χ2n) is 8.86. The zero-order valence-corrected chi connectivity index (χ0v) is 14.0. The third kappa shape index (κ3) is 2.92. The van der Waals surface area contributed by atoms with E-state index in [9.17, 15) is 5.11 Å². The highest BCUT2D eigenvalue weighted by Gasteiger charge is 2.52. The van der Waals surface area contributed by atoms with E-state index in [2.05, 4.69) is 27.7 Å². The van der Waals surface area contributed by atoms with Gasteiger partial charge in [0.2, 0.25) is 0 Å². The van der Waals surface area contributed by atoms with Crippen LogP contribution in [-0.4, -0.2) is 17.3 Å². The third-order valence-electron chi connectivity index (χ3n) is 6.52. The minimum absolute atomic E-state index is 0.0105. The SMILES string of the molecule is CC1CCCC(O)(C2(CN)CCC(C(C)(C)C)CC2)C1. The van der Waals surface area contributed by atoms with E-state index in [1.807, 2.05) is 0 Å². The van der Waals surface area contributed by atoms with E-state index in [4.69, 9.17) is 5.73 Å². The van der Waals surface area contributed by atoms with Crippen LogP contribution in [0.1, 0.15) is 79.1 Å². The molecule has 2 unspecified atom stereocenters. The van der Waals surface area contributed by atoms with Gasteiger partial charge in [-0.05, 0) is 55.8 Å². The molecule has 0 radical (unpaired) electrons. The first-order valence-electron chi connectivity index (χ1n) is 8.65. The van der Waals surface area contributed by atoms with E-state index in [1.165, 1.54) is 25.7 Å². The third-order valence-corrected chi connectivity index (χ3v) is 6.52. The van der Waals surface area contributed by atoms with Crippen molar-refractivity contribution in [1.82, 2.24) is 0 Å². The highest BCUT2D eigenvalue weighted by molar-refractivity contribution is 5.04. The molecule has 0 aromatic carbocycles. The standard InChI is InChI=1S/C18H35NO/c1-14-6-5-9-18(20,12-14)17(13-19)10-7-15(8-11-17)16(2,3)4/h14-15,20H,5-13,19H2,1-4H3. The van der Waals surface area contributed by atoms with Crippen molar-refractivity contribution in [3.8, 4) is 0 Å². The molecule has 2 fully saturated rings. The Labute approximate surface area is 125 Å². The lowest BCUT2D eigenvalue weighted by Gasteiger charge is -2.54. The first kappa shape index (κ1) is 16.3. The van der Waals surface area contributed by atoms with Gasteiger partial charge >= 0.3 is 0 Å². The number of hydrogen-bond acceptors (Lipinski definition) is 2. The molecule has 0 aromatic rings. The van der Waals surface area contributed by atoms with Gasteiger partial charge in [-0.15, -0.1) is 0 Å². The normalized spacial score (nSPS) is 43.5. The van der Waals surface area contributed by atoms with Crippen LogP contribution in [-0.2, 0) is 0 Å². The summed E-state index contributed by atoms with van der Waals surface area (Å²) in [5.74, 6) is 1.43. The number of nitrogens with two attached hydrogens (primary N) is 1. The Bertz CT molecular complexity index is 325. The van der Waals surface area contributed by atoms with Crippen LogP contribution in [0.5, 0.6) is 0 Å². The molecule has 0 bridgehead atoms. The van der Waals surface area contributed by atoms with Crippen LogP contribution in [0.4, 0.5) is 0 Å². The van der Waals surface area contributed by atoms with Crippen molar-refractivity contribution in [2.45, 2.75) is 84.7 Å². The summed E-state index contributed by atoms with van der Waals surface area (Å²) < 4.78 is 0. The summed E-state index contributed by atoms with van der Waals surface area (Å²) in [5.41, 5.74) is 6.08. The lowest BCUT2D eigenvalue weighted by Crippen LogP contribution is -2.56. The molecule has 0 saturated heterocycles.